The highest BCUT2D eigenvalue weighted by atomic mass is 31.2. The molecule has 1 aliphatic heterocycles. The summed E-state index contributed by atoms with van der Waals surface area (Å²) in [7, 11) is -2.72. The largest absolute Gasteiger partial charge is 0.314 e. The van der Waals surface area contributed by atoms with Gasteiger partial charge in [0.2, 0.25) is 0 Å². The van der Waals surface area contributed by atoms with Gasteiger partial charge in [0.25, 0.3) is 0 Å². The average molecular weight is 494 g/mol. The normalized spacial score (nSPS) is 15.9. The second-order valence-electron chi connectivity index (χ2n) is 9.71. The standard InChI is InChI=1S/C34H24NOP/c1-37(36)33-14-5-4-11-30(33)31-13-6-12-29(34(31)37)27-20-25-8-2-3-10-28(25)32(21-27)24-17-15-23(16-18-24)26-9-7-19-35-22-26/h2-22H,1H3. The monoisotopic (exact) mass is 493 g/mol. The summed E-state index contributed by atoms with van der Waals surface area (Å²) in [6, 6.07) is 40.2. The molecule has 1 atom stereocenters. The molecule has 2 heterocycles. The molecule has 0 radical (unpaired) electrons. The lowest BCUT2D eigenvalue weighted by atomic mass is 9.91. The summed E-state index contributed by atoms with van der Waals surface area (Å²) in [6.07, 6.45) is 3.69. The molecule has 1 aliphatic rings. The summed E-state index contributed by atoms with van der Waals surface area (Å²) in [5, 5.41) is 4.31. The number of hydrogen-bond donors (Lipinski definition) is 0. The summed E-state index contributed by atoms with van der Waals surface area (Å²) < 4.78 is 14.2. The van der Waals surface area contributed by atoms with Crippen LogP contribution in [-0.2, 0) is 4.57 Å². The van der Waals surface area contributed by atoms with Crippen LogP contribution in [0.3, 0.4) is 0 Å². The molecule has 0 aliphatic carbocycles. The first-order valence-electron chi connectivity index (χ1n) is 12.5. The highest BCUT2D eigenvalue weighted by Crippen LogP contribution is 2.52. The molecule has 0 N–H and O–H groups in total. The summed E-state index contributed by atoms with van der Waals surface area (Å²) in [4.78, 5) is 4.26. The van der Waals surface area contributed by atoms with Crippen LogP contribution in [0.5, 0.6) is 0 Å². The Morgan fingerprint density at radius 1 is 0.568 bits per heavy atom. The van der Waals surface area contributed by atoms with Crippen molar-refractivity contribution in [1.82, 2.24) is 4.98 Å². The zero-order valence-corrected chi connectivity index (χ0v) is 21.3. The lowest BCUT2D eigenvalue weighted by molar-refractivity contribution is 0.591. The maximum absolute atomic E-state index is 14.2. The van der Waals surface area contributed by atoms with Crippen LogP contribution >= 0.6 is 7.14 Å². The predicted octanol–water partition coefficient (Wildman–Crippen LogP) is 8.16. The fraction of sp³-hybridized carbons (Fsp3) is 0.0294. The quantitative estimate of drug-likeness (QED) is 0.233. The van der Waals surface area contributed by atoms with Gasteiger partial charge in [0.15, 0.2) is 0 Å². The fourth-order valence-electron chi connectivity index (χ4n) is 5.73. The van der Waals surface area contributed by atoms with Gasteiger partial charge in [0, 0.05) is 23.0 Å². The van der Waals surface area contributed by atoms with Gasteiger partial charge >= 0.3 is 0 Å². The van der Waals surface area contributed by atoms with Crippen molar-refractivity contribution in [1.29, 1.82) is 0 Å². The van der Waals surface area contributed by atoms with Crippen molar-refractivity contribution in [3.8, 4) is 44.5 Å². The van der Waals surface area contributed by atoms with E-state index in [0.717, 1.165) is 49.6 Å². The van der Waals surface area contributed by atoms with Crippen molar-refractivity contribution in [2.24, 2.45) is 0 Å². The first-order chi connectivity index (χ1) is 18.1. The number of aromatic nitrogens is 1. The third kappa shape index (κ3) is 3.49. The van der Waals surface area contributed by atoms with Crippen LogP contribution in [0.25, 0.3) is 55.3 Å². The summed E-state index contributed by atoms with van der Waals surface area (Å²) >= 11 is 0. The number of hydrogen-bond acceptors (Lipinski definition) is 2. The molecule has 2 nitrogen and oxygen atoms in total. The predicted molar refractivity (Wildman–Crippen MR) is 156 cm³/mol. The molecule has 176 valence electrons. The van der Waals surface area contributed by atoms with E-state index >= 15 is 0 Å². The highest BCUT2D eigenvalue weighted by molar-refractivity contribution is 7.79. The van der Waals surface area contributed by atoms with Gasteiger partial charge < -0.3 is 4.57 Å². The molecule has 6 aromatic rings. The van der Waals surface area contributed by atoms with E-state index in [-0.39, 0.29) is 0 Å². The van der Waals surface area contributed by atoms with E-state index in [2.05, 4.69) is 96.0 Å². The Kier molecular flexibility index (Phi) is 4.99. The lowest BCUT2D eigenvalue weighted by Crippen LogP contribution is -2.11. The molecular formula is C34H24NOP. The zero-order valence-electron chi connectivity index (χ0n) is 20.4. The van der Waals surface area contributed by atoms with Crippen molar-refractivity contribution in [2.75, 3.05) is 6.66 Å². The SMILES string of the molecule is CP1(=O)c2ccccc2-c2cccc(-c3cc(-c4ccc(-c5cccnc5)cc4)c4ccccc4c3)c21. The Morgan fingerprint density at radius 3 is 2.14 bits per heavy atom. The topological polar surface area (TPSA) is 30.0 Å². The number of rotatable bonds is 3. The number of fused-ring (bicyclic) bond motifs is 4. The summed E-state index contributed by atoms with van der Waals surface area (Å²) in [5.74, 6) is 0. The van der Waals surface area contributed by atoms with Gasteiger partial charge in [-0.15, -0.1) is 0 Å². The van der Waals surface area contributed by atoms with Crippen molar-refractivity contribution in [3.63, 3.8) is 0 Å². The molecule has 0 amide bonds. The van der Waals surface area contributed by atoms with Gasteiger partial charge in [-0.1, -0.05) is 97.1 Å². The number of nitrogens with zero attached hydrogens (tertiary/aromatic N) is 1. The highest BCUT2D eigenvalue weighted by Gasteiger charge is 2.36. The molecule has 5 aromatic carbocycles. The van der Waals surface area contributed by atoms with Crippen molar-refractivity contribution < 1.29 is 4.57 Å². The zero-order chi connectivity index (χ0) is 25.0. The van der Waals surface area contributed by atoms with Gasteiger partial charge in [-0.2, -0.15) is 0 Å². The lowest BCUT2D eigenvalue weighted by Gasteiger charge is -2.17. The minimum Gasteiger partial charge on any atom is -0.314 e. The van der Waals surface area contributed by atoms with E-state index in [0.29, 0.717) is 0 Å². The Hall–Kier alpha value is -4.26. The first-order valence-corrected chi connectivity index (χ1v) is 14.6. The molecule has 0 spiro atoms. The third-order valence-electron chi connectivity index (χ3n) is 7.48. The minimum absolute atomic E-state index is 0.962. The molecule has 0 saturated carbocycles. The van der Waals surface area contributed by atoms with Gasteiger partial charge in [0.05, 0.1) is 0 Å². The van der Waals surface area contributed by atoms with Crippen molar-refractivity contribution in [2.45, 2.75) is 0 Å². The minimum atomic E-state index is -2.72. The number of benzene rings is 5. The molecular weight excluding hydrogens is 469 g/mol. The number of pyridine rings is 1. The van der Waals surface area contributed by atoms with Gasteiger partial charge in [0.1, 0.15) is 7.14 Å². The fourth-order valence-corrected chi connectivity index (χ4v) is 8.31. The second kappa shape index (κ2) is 8.40. The van der Waals surface area contributed by atoms with Crippen LogP contribution in [0.4, 0.5) is 0 Å². The smallest absolute Gasteiger partial charge is 0.142 e. The van der Waals surface area contributed by atoms with Crippen LogP contribution in [0.1, 0.15) is 0 Å². The molecule has 0 fully saturated rings. The second-order valence-corrected chi connectivity index (χ2v) is 12.5. The van der Waals surface area contributed by atoms with Gasteiger partial charge in [-0.05, 0) is 80.1 Å². The molecule has 7 rings (SSSR count). The molecule has 0 bridgehead atoms. The molecule has 0 saturated heterocycles. The Bertz CT molecular complexity index is 1860. The van der Waals surface area contributed by atoms with E-state index in [1.807, 2.05) is 37.1 Å². The molecule has 1 unspecified atom stereocenters. The van der Waals surface area contributed by atoms with Crippen molar-refractivity contribution in [3.05, 3.63) is 128 Å². The van der Waals surface area contributed by atoms with Gasteiger partial charge in [-0.3, -0.25) is 4.98 Å². The van der Waals surface area contributed by atoms with E-state index in [1.165, 1.54) is 16.3 Å². The average Bonchev–Trinajstić information content (AvgIpc) is 3.20. The Balaban J connectivity index is 1.43. The van der Waals surface area contributed by atoms with E-state index < -0.39 is 7.14 Å². The van der Waals surface area contributed by atoms with Crippen LogP contribution in [0, 0.1) is 0 Å². The third-order valence-corrected chi connectivity index (χ3v) is 10.1. The van der Waals surface area contributed by atoms with Crippen LogP contribution in [-0.4, -0.2) is 11.6 Å². The summed E-state index contributed by atoms with van der Waals surface area (Å²) in [6.45, 7) is 1.92. The molecule has 1 aromatic heterocycles. The molecule has 37 heavy (non-hydrogen) atoms. The van der Waals surface area contributed by atoms with E-state index in [1.54, 1.807) is 6.20 Å². The Labute approximate surface area is 216 Å². The van der Waals surface area contributed by atoms with E-state index in [4.69, 9.17) is 0 Å². The maximum Gasteiger partial charge on any atom is 0.142 e. The van der Waals surface area contributed by atoms with Gasteiger partial charge in [-0.25, -0.2) is 0 Å². The first kappa shape index (κ1) is 22.0. The van der Waals surface area contributed by atoms with Crippen molar-refractivity contribution >= 4 is 28.5 Å². The maximum atomic E-state index is 14.2. The Morgan fingerprint density at radius 2 is 1.30 bits per heavy atom. The van der Waals surface area contributed by atoms with Crippen LogP contribution < -0.4 is 10.6 Å². The van der Waals surface area contributed by atoms with Crippen LogP contribution in [0.2, 0.25) is 0 Å². The van der Waals surface area contributed by atoms with Crippen LogP contribution in [0.15, 0.2) is 128 Å². The van der Waals surface area contributed by atoms with E-state index in [9.17, 15) is 4.57 Å². The molecule has 3 heteroatoms. The summed E-state index contributed by atoms with van der Waals surface area (Å²) in [5.41, 5.74) is 8.90.